The molecule has 2 N–H and O–H groups in total. The fourth-order valence-corrected chi connectivity index (χ4v) is 1.82. The summed E-state index contributed by atoms with van der Waals surface area (Å²) in [6.07, 6.45) is 6.88. The fourth-order valence-electron chi connectivity index (χ4n) is 1.82. The van der Waals surface area contributed by atoms with E-state index in [0.29, 0.717) is 18.8 Å². The third-order valence-corrected chi connectivity index (χ3v) is 5.26. The molecule has 0 aliphatic rings. The quantitative estimate of drug-likeness (QED) is 0.197. The Morgan fingerprint density at radius 2 is 1.47 bits per heavy atom. The maximum atomic E-state index is 11.2. The number of esters is 2. The van der Waals surface area contributed by atoms with Gasteiger partial charge in [0.1, 0.15) is 0 Å². The van der Waals surface area contributed by atoms with Crippen molar-refractivity contribution < 1.29 is 40.7 Å². The number of primary amides is 1. The zero-order valence-electron chi connectivity index (χ0n) is 24.4. The SMILES string of the molecule is C=C(C)C(=O)OCCC(C)(C)[N+](C)(C)C.C=CC(=O)OCCCC.C=CC(N)=O.C=Cc1ccccc1.[Cl-]. The van der Waals surface area contributed by atoms with E-state index in [-0.39, 0.29) is 29.9 Å². The average Bonchev–Trinajstić information content (AvgIpc) is 2.84. The van der Waals surface area contributed by atoms with Crippen LogP contribution in [0.4, 0.5) is 0 Å². The fraction of sp³-hybridized carbons (Fsp3) is 0.433. The second-order valence-corrected chi connectivity index (χ2v) is 9.44. The lowest BCUT2D eigenvalue weighted by Gasteiger charge is -2.41. The van der Waals surface area contributed by atoms with Crippen LogP contribution in [-0.4, -0.2) is 62.2 Å². The van der Waals surface area contributed by atoms with Crippen LogP contribution in [0.2, 0.25) is 0 Å². The van der Waals surface area contributed by atoms with Gasteiger partial charge in [-0.3, -0.25) is 4.79 Å². The molecule has 7 nitrogen and oxygen atoms in total. The number of amides is 1. The van der Waals surface area contributed by atoms with Gasteiger partial charge >= 0.3 is 11.9 Å². The van der Waals surface area contributed by atoms with Crippen LogP contribution < -0.4 is 18.1 Å². The van der Waals surface area contributed by atoms with Crippen LogP contribution in [0.3, 0.4) is 0 Å². The molecule has 8 heteroatoms. The number of carbonyl (C=O) groups is 3. The minimum atomic E-state index is -0.481. The number of hydrogen-bond donors (Lipinski definition) is 1. The summed E-state index contributed by atoms with van der Waals surface area (Å²) in [6, 6.07) is 10.0. The van der Waals surface area contributed by atoms with Crippen LogP contribution >= 0.6 is 0 Å². The van der Waals surface area contributed by atoms with Crippen molar-refractivity contribution >= 4 is 23.9 Å². The van der Waals surface area contributed by atoms with Crippen LogP contribution in [-0.2, 0) is 23.9 Å². The Morgan fingerprint density at radius 3 is 1.79 bits per heavy atom. The molecule has 1 rings (SSSR count). The van der Waals surface area contributed by atoms with Crippen molar-refractivity contribution in [3.8, 4) is 0 Å². The van der Waals surface area contributed by atoms with Crippen LogP contribution in [0.1, 0.15) is 52.5 Å². The largest absolute Gasteiger partial charge is 1.00 e. The molecular weight excluding hydrogens is 504 g/mol. The van der Waals surface area contributed by atoms with Crippen molar-refractivity contribution in [2.45, 2.75) is 52.5 Å². The van der Waals surface area contributed by atoms with Crippen molar-refractivity contribution in [2.24, 2.45) is 5.73 Å². The van der Waals surface area contributed by atoms with E-state index in [4.69, 9.17) is 4.74 Å². The van der Waals surface area contributed by atoms with E-state index in [2.05, 4.69) is 71.8 Å². The van der Waals surface area contributed by atoms with Crippen LogP contribution in [0.5, 0.6) is 0 Å². The van der Waals surface area contributed by atoms with E-state index in [9.17, 15) is 14.4 Å². The molecule has 0 heterocycles. The van der Waals surface area contributed by atoms with E-state index in [1.165, 1.54) is 11.6 Å². The Kier molecular flexibility index (Phi) is 26.7. The van der Waals surface area contributed by atoms with E-state index in [0.717, 1.165) is 29.8 Å². The first-order chi connectivity index (χ1) is 17.1. The number of nitrogens with zero attached hydrogens (tertiary/aromatic N) is 1. The second-order valence-electron chi connectivity index (χ2n) is 9.44. The summed E-state index contributed by atoms with van der Waals surface area (Å²) in [6.45, 7) is 22.5. The van der Waals surface area contributed by atoms with Gasteiger partial charge in [-0.25, -0.2) is 9.59 Å². The van der Waals surface area contributed by atoms with Crippen molar-refractivity contribution in [1.82, 2.24) is 0 Å². The molecule has 38 heavy (non-hydrogen) atoms. The molecule has 0 spiro atoms. The molecule has 0 aliphatic carbocycles. The molecule has 1 aromatic carbocycles. The zero-order valence-corrected chi connectivity index (χ0v) is 25.2. The van der Waals surface area contributed by atoms with Crippen LogP contribution in [0.25, 0.3) is 6.08 Å². The molecule has 0 radical (unpaired) electrons. The first-order valence-electron chi connectivity index (χ1n) is 12.1. The Labute approximate surface area is 237 Å². The van der Waals surface area contributed by atoms with Crippen molar-refractivity contribution in [3.05, 3.63) is 79.9 Å². The predicted octanol–water partition coefficient (Wildman–Crippen LogP) is 2.49. The maximum Gasteiger partial charge on any atom is 0.333 e. The zero-order chi connectivity index (χ0) is 29.5. The van der Waals surface area contributed by atoms with Crippen molar-refractivity contribution in [1.29, 1.82) is 0 Å². The van der Waals surface area contributed by atoms with Crippen molar-refractivity contribution in [2.75, 3.05) is 34.4 Å². The van der Waals surface area contributed by atoms with Gasteiger partial charge in [-0.15, -0.1) is 0 Å². The number of ether oxygens (including phenoxy) is 2. The van der Waals surface area contributed by atoms with E-state index in [1.807, 2.05) is 43.3 Å². The van der Waals surface area contributed by atoms with Crippen LogP contribution in [0.15, 0.2) is 74.4 Å². The first-order valence-corrected chi connectivity index (χ1v) is 12.1. The number of halogens is 1. The van der Waals surface area contributed by atoms with Gasteiger partial charge in [0.05, 0.1) is 39.9 Å². The smallest absolute Gasteiger partial charge is 0.333 e. The van der Waals surface area contributed by atoms with Gasteiger partial charge in [0.25, 0.3) is 0 Å². The first kappa shape index (κ1) is 41.9. The van der Waals surface area contributed by atoms with Gasteiger partial charge in [0.15, 0.2) is 0 Å². The minimum absolute atomic E-state index is 0. The third kappa shape index (κ3) is 25.9. The molecule has 0 saturated carbocycles. The van der Waals surface area contributed by atoms with Gasteiger partial charge in [0, 0.05) is 18.1 Å². The van der Waals surface area contributed by atoms with Gasteiger partial charge in [-0.1, -0.05) is 76.1 Å². The molecule has 0 unspecified atom stereocenters. The number of carbonyl (C=O) groups excluding carboxylic acids is 3. The molecule has 0 atom stereocenters. The molecule has 0 aliphatic heterocycles. The molecule has 0 aromatic heterocycles. The number of quaternary nitrogens is 1. The summed E-state index contributed by atoms with van der Waals surface area (Å²) < 4.78 is 10.6. The summed E-state index contributed by atoms with van der Waals surface area (Å²) in [5.74, 6) is -1.11. The summed E-state index contributed by atoms with van der Waals surface area (Å²) in [5.41, 5.74) is 6.26. The molecule has 0 fully saturated rings. The summed E-state index contributed by atoms with van der Waals surface area (Å²) in [7, 11) is 6.42. The molecule has 0 bridgehead atoms. The highest BCUT2D eigenvalue weighted by atomic mass is 35.5. The topological polar surface area (TPSA) is 95.7 Å². The molecular formula is C30H49ClN2O5. The number of rotatable bonds is 11. The van der Waals surface area contributed by atoms with Crippen LogP contribution in [0, 0.1) is 0 Å². The lowest BCUT2D eigenvalue weighted by Crippen LogP contribution is -3.00. The number of nitrogens with two attached hydrogens (primary N) is 1. The Balaban J connectivity index is -0.000000216. The molecule has 1 amide bonds. The Hall–Kier alpha value is -3.16. The highest BCUT2D eigenvalue weighted by Gasteiger charge is 2.32. The van der Waals surface area contributed by atoms with E-state index >= 15 is 0 Å². The summed E-state index contributed by atoms with van der Waals surface area (Å²) in [5, 5.41) is 0. The predicted molar refractivity (Wildman–Crippen MR) is 154 cm³/mol. The molecule has 0 saturated heterocycles. The van der Waals surface area contributed by atoms with Crippen molar-refractivity contribution in [3.63, 3.8) is 0 Å². The third-order valence-electron chi connectivity index (χ3n) is 5.26. The number of hydrogen-bond acceptors (Lipinski definition) is 5. The minimum Gasteiger partial charge on any atom is -1.00 e. The number of benzene rings is 1. The lowest BCUT2D eigenvalue weighted by molar-refractivity contribution is -0.920. The number of unbranched alkanes of at least 4 members (excludes halogenated alkanes) is 1. The molecule has 216 valence electrons. The summed E-state index contributed by atoms with van der Waals surface area (Å²) >= 11 is 0. The Morgan fingerprint density at radius 1 is 0.974 bits per heavy atom. The molecule has 1 aromatic rings. The average molecular weight is 553 g/mol. The summed E-state index contributed by atoms with van der Waals surface area (Å²) in [4.78, 5) is 31.0. The van der Waals surface area contributed by atoms with Gasteiger partial charge in [-0.05, 0) is 38.8 Å². The highest BCUT2D eigenvalue weighted by Crippen LogP contribution is 2.21. The highest BCUT2D eigenvalue weighted by molar-refractivity contribution is 5.86. The van der Waals surface area contributed by atoms with Gasteiger partial charge < -0.3 is 32.1 Å². The Bertz CT molecular complexity index is 844. The van der Waals surface area contributed by atoms with E-state index in [1.54, 1.807) is 6.92 Å². The van der Waals surface area contributed by atoms with Gasteiger partial charge in [0.2, 0.25) is 5.91 Å². The van der Waals surface area contributed by atoms with E-state index < -0.39 is 5.91 Å². The monoisotopic (exact) mass is 552 g/mol. The maximum absolute atomic E-state index is 11.2. The normalized spacial score (nSPS) is 9.55. The second kappa shape index (κ2) is 24.2. The lowest BCUT2D eigenvalue weighted by atomic mass is 9.97. The van der Waals surface area contributed by atoms with Gasteiger partial charge in [-0.2, -0.15) is 0 Å². The standard InChI is InChI=1S/C12H24NO2.C8H8.C7H12O2.C3H5NO.ClH/c1-10(2)11(14)15-9-8-12(3,4)13(5,6)7;1-2-8-6-4-3-5-7-8;1-3-5-6-9-7(8)4-2;1-2-3(4)5;/h1,8-9H2,2-7H3;2-7H,1H2;4H,2-3,5-6H2,1H3;2H,1H2,(H2,4,5);1H/q+1;;;;/p-1.